The Morgan fingerprint density at radius 3 is 2.71 bits per heavy atom. The van der Waals surface area contributed by atoms with Gasteiger partial charge in [-0.3, -0.25) is 0 Å². The first-order chi connectivity index (χ1) is 7.98. The molecule has 0 aliphatic heterocycles. The lowest BCUT2D eigenvalue weighted by Gasteiger charge is -2.14. The van der Waals surface area contributed by atoms with Crippen LogP contribution in [0, 0.1) is 0 Å². The van der Waals surface area contributed by atoms with E-state index in [2.05, 4.69) is 5.32 Å². The van der Waals surface area contributed by atoms with Crippen LogP contribution < -0.4 is 10.1 Å². The minimum atomic E-state index is -3.16. The van der Waals surface area contributed by atoms with Gasteiger partial charge in [-0.1, -0.05) is 0 Å². The first kappa shape index (κ1) is 13.7. The number of rotatable bonds is 6. The van der Waals surface area contributed by atoms with Crippen LogP contribution >= 0.6 is 0 Å². The van der Waals surface area contributed by atoms with E-state index in [1.165, 1.54) is 13.2 Å². The molecule has 1 aromatic carbocycles. The van der Waals surface area contributed by atoms with Crippen molar-refractivity contribution in [2.45, 2.75) is 12.5 Å². The van der Waals surface area contributed by atoms with Gasteiger partial charge in [-0.25, -0.2) is 8.78 Å². The van der Waals surface area contributed by atoms with Gasteiger partial charge < -0.3 is 20.3 Å². The molecule has 17 heavy (non-hydrogen) atoms. The molecule has 0 amide bonds. The summed E-state index contributed by atoms with van der Waals surface area (Å²) < 4.78 is 30.4. The molecule has 0 bridgehead atoms. The molecule has 1 rings (SSSR count). The molecule has 0 fully saturated rings. The van der Waals surface area contributed by atoms with Crippen LogP contribution in [0.3, 0.4) is 0 Å². The number of benzene rings is 1. The fourth-order valence-corrected chi connectivity index (χ4v) is 1.27. The van der Waals surface area contributed by atoms with Crippen molar-refractivity contribution in [2.75, 3.05) is 20.3 Å². The number of aliphatic hydroxyl groups is 1. The molecule has 4 nitrogen and oxygen atoms in total. The predicted molar refractivity (Wildman–Crippen MR) is 58.4 cm³/mol. The molecular weight excluding hydrogens is 232 g/mol. The largest absolute Gasteiger partial charge is 0.508 e. The third kappa shape index (κ3) is 4.16. The molecule has 0 aliphatic rings. The Hall–Kier alpha value is -1.40. The van der Waals surface area contributed by atoms with Crippen molar-refractivity contribution in [2.24, 2.45) is 0 Å². The van der Waals surface area contributed by atoms with Gasteiger partial charge >= 0.3 is 0 Å². The quantitative estimate of drug-likeness (QED) is 0.705. The van der Waals surface area contributed by atoms with E-state index < -0.39 is 19.1 Å². The summed E-state index contributed by atoms with van der Waals surface area (Å²) in [5, 5.41) is 20.3. The zero-order valence-corrected chi connectivity index (χ0v) is 9.41. The Morgan fingerprint density at radius 1 is 1.41 bits per heavy atom. The molecule has 0 radical (unpaired) electrons. The lowest BCUT2D eigenvalue weighted by molar-refractivity contribution is -0.0478. The number of halogens is 2. The first-order valence-corrected chi connectivity index (χ1v) is 5.04. The second kappa shape index (κ2) is 5.79. The zero-order valence-electron chi connectivity index (χ0n) is 9.41. The van der Waals surface area contributed by atoms with Gasteiger partial charge in [0.25, 0.3) is 5.92 Å². The van der Waals surface area contributed by atoms with Crippen LogP contribution in [-0.4, -0.2) is 36.4 Å². The fourth-order valence-electron chi connectivity index (χ4n) is 1.27. The molecule has 0 heterocycles. The summed E-state index contributed by atoms with van der Waals surface area (Å²) in [7, 11) is 1.48. The Kier molecular flexibility index (Phi) is 4.65. The van der Waals surface area contributed by atoms with Gasteiger partial charge in [0.1, 0.15) is 18.1 Å². The second-order valence-corrected chi connectivity index (χ2v) is 3.61. The molecule has 0 atom stereocenters. The SMILES string of the molecule is COc1ccc(O)c(CNCC(F)(F)CO)c1. The number of nitrogens with one attached hydrogen (secondary N) is 1. The van der Waals surface area contributed by atoms with E-state index in [4.69, 9.17) is 9.84 Å². The standard InChI is InChI=1S/C11H15F2NO3/c1-17-9-2-3-10(16)8(4-9)5-14-6-11(12,13)7-15/h2-4,14-16H,5-7H2,1H3. The highest BCUT2D eigenvalue weighted by Crippen LogP contribution is 2.22. The minimum absolute atomic E-state index is 0.00520. The number of phenols is 1. The van der Waals surface area contributed by atoms with E-state index in [1.54, 1.807) is 12.1 Å². The van der Waals surface area contributed by atoms with Gasteiger partial charge in [-0.2, -0.15) is 0 Å². The number of ether oxygens (including phenoxy) is 1. The summed E-state index contributed by atoms with van der Waals surface area (Å²) in [4.78, 5) is 0. The van der Waals surface area contributed by atoms with Crippen LogP contribution in [0.1, 0.15) is 5.56 Å². The normalized spacial score (nSPS) is 11.5. The molecule has 0 aliphatic carbocycles. The van der Waals surface area contributed by atoms with Crippen LogP contribution in [-0.2, 0) is 6.54 Å². The van der Waals surface area contributed by atoms with Crippen molar-refractivity contribution >= 4 is 0 Å². The monoisotopic (exact) mass is 247 g/mol. The van der Waals surface area contributed by atoms with Gasteiger partial charge in [-0.15, -0.1) is 0 Å². The van der Waals surface area contributed by atoms with Crippen molar-refractivity contribution in [3.63, 3.8) is 0 Å². The third-order valence-electron chi connectivity index (χ3n) is 2.22. The smallest absolute Gasteiger partial charge is 0.282 e. The van der Waals surface area contributed by atoms with Crippen LogP contribution in [0.2, 0.25) is 0 Å². The van der Waals surface area contributed by atoms with Crippen molar-refractivity contribution < 1.29 is 23.7 Å². The van der Waals surface area contributed by atoms with E-state index in [9.17, 15) is 13.9 Å². The van der Waals surface area contributed by atoms with E-state index in [0.29, 0.717) is 11.3 Å². The highest BCUT2D eigenvalue weighted by molar-refractivity contribution is 5.39. The lowest BCUT2D eigenvalue weighted by Crippen LogP contribution is -2.35. The highest BCUT2D eigenvalue weighted by atomic mass is 19.3. The van der Waals surface area contributed by atoms with Crippen molar-refractivity contribution in [1.29, 1.82) is 0 Å². The Bertz CT molecular complexity index is 372. The van der Waals surface area contributed by atoms with Gasteiger partial charge in [0, 0.05) is 12.1 Å². The molecule has 6 heteroatoms. The maximum absolute atomic E-state index is 12.7. The van der Waals surface area contributed by atoms with Crippen LogP contribution in [0.25, 0.3) is 0 Å². The maximum atomic E-state index is 12.7. The van der Waals surface area contributed by atoms with Crippen LogP contribution in [0.5, 0.6) is 11.5 Å². The molecule has 3 N–H and O–H groups in total. The van der Waals surface area contributed by atoms with Gasteiger partial charge in [0.2, 0.25) is 0 Å². The highest BCUT2D eigenvalue weighted by Gasteiger charge is 2.26. The molecule has 96 valence electrons. The second-order valence-electron chi connectivity index (χ2n) is 3.61. The number of aromatic hydroxyl groups is 1. The summed E-state index contributed by atoms with van der Waals surface area (Å²) in [6.45, 7) is -1.79. The van der Waals surface area contributed by atoms with E-state index in [0.717, 1.165) is 0 Å². The molecular formula is C11H15F2NO3. The van der Waals surface area contributed by atoms with Gasteiger partial charge in [-0.05, 0) is 18.2 Å². The average Bonchev–Trinajstić information content (AvgIpc) is 2.31. The zero-order chi connectivity index (χ0) is 12.9. The summed E-state index contributed by atoms with van der Waals surface area (Å²) in [6, 6.07) is 4.56. The predicted octanol–water partition coefficient (Wildman–Crippen LogP) is 1.12. The van der Waals surface area contributed by atoms with Crippen molar-refractivity contribution in [3.8, 4) is 11.5 Å². The molecule has 0 aromatic heterocycles. The Morgan fingerprint density at radius 2 is 2.12 bits per heavy atom. The summed E-state index contributed by atoms with van der Waals surface area (Å²) in [5.74, 6) is -2.62. The van der Waals surface area contributed by atoms with E-state index >= 15 is 0 Å². The van der Waals surface area contributed by atoms with Gasteiger partial charge in [0.05, 0.1) is 13.7 Å². The average molecular weight is 247 g/mol. The van der Waals surface area contributed by atoms with Crippen molar-refractivity contribution in [3.05, 3.63) is 23.8 Å². The van der Waals surface area contributed by atoms with Crippen LogP contribution in [0.4, 0.5) is 8.78 Å². The lowest BCUT2D eigenvalue weighted by atomic mass is 10.2. The van der Waals surface area contributed by atoms with Crippen molar-refractivity contribution in [1.82, 2.24) is 5.32 Å². The molecule has 0 saturated carbocycles. The van der Waals surface area contributed by atoms with Crippen LogP contribution in [0.15, 0.2) is 18.2 Å². The number of aliphatic hydroxyl groups excluding tert-OH is 1. The first-order valence-electron chi connectivity index (χ1n) is 5.04. The molecule has 1 aromatic rings. The molecule has 0 spiro atoms. The number of hydrogen-bond acceptors (Lipinski definition) is 4. The van der Waals surface area contributed by atoms with E-state index in [1.807, 2.05) is 0 Å². The number of hydrogen-bond donors (Lipinski definition) is 3. The summed E-state index contributed by atoms with van der Waals surface area (Å²) >= 11 is 0. The van der Waals surface area contributed by atoms with Gasteiger partial charge in [0.15, 0.2) is 0 Å². The minimum Gasteiger partial charge on any atom is -0.508 e. The molecule has 0 unspecified atom stereocenters. The number of alkyl halides is 2. The molecule has 0 saturated heterocycles. The Balaban J connectivity index is 2.57. The maximum Gasteiger partial charge on any atom is 0.282 e. The fraction of sp³-hybridized carbons (Fsp3) is 0.455. The summed E-state index contributed by atoms with van der Waals surface area (Å²) in [5.41, 5.74) is 0.457. The number of methoxy groups -OCH3 is 1. The Labute approximate surface area is 97.8 Å². The number of phenolic OH excluding ortho intramolecular Hbond substituents is 1. The van der Waals surface area contributed by atoms with E-state index in [-0.39, 0.29) is 12.3 Å². The summed E-state index contributed by atoms with van der Waals surface area (Å²) in [6.07, 6.45) is 0. The topological polar surface area (TPSA) is 61.7 Å². The third-order valence-corrected chi connectivity index (χ3v) is 2.22.